The second-order valence-corrected chi connectivity index (χ2v) is 7.12. The Morgan fingerprint density at radius 3 is 2.88 bits per heavy atom. The van der Waals surface area contributed by atoms with Crippen LogP contribution in [-0.2, 0) is 4.74 Å². The van der Waals surface area contributed by atoms with Gasteiger partial charge in [0.1, 0.15) is 16.0 Å². The molecule has 0 saturated heterocycles. The summed E-state index contributed by atoms with van der Waals surface area (Å²) < 4.78 is 6.02. The highest BCUT2D eigenvalue weighted by molar-refractivity contribution is 7.20. The SMILES string of the molecule is CCOC(=O)c1sc2ncn(/N=C\c3ccc([N+](=O)[O-])s3)c(=O)c2c1C. The quantitative estimate of drug-likeness (QED) is 0.285. The van der Waals surface area contributed by atoms with Gasteiger partial charge in [0, 0.05) is 6.07 Å². The number of hydrogen-bond acceptors (Lipinski definition) is 9. The number of carbonyl (C=O) groups excluding carboxylic acids is 1. The molecule has 9 nitrogen and oxygen atoms in total. The molecule has 0 radical (unpaired) electrons. The lowest BCUT2D eigenvalue weighted by Gasteiger charge is -1.99. The fourth-order valence-electron chi connectivity index (χ4n) is 2.22. The van der Waals surface area contributed by atoms with Crippen LogP contribution in [0.4, 0.5) is 5.00 Å². The molecule has 0 spiro atoms. The van der Waals surface area contributed by atoms with Gasteiger partial charge in [-0.25, -0.2) is 9.78 Å². The fraction of sp³-hybridized carbons (Fsp3) is 0.200. The number of esters is 1. The lowest BCUT2D eigenvalue weighted by molar-refractivity contribution is -0.380. The molecule has 0 amide bonds. The van der Waals surface area contributed by atoms with Crippen molar-refractivity contribution in [3.63, 3.8) is 0 Å². The van der Waals surface area contributed by atoms with Gasteiger partial charge in [-0.1, -0.05) is 11.3 Å². The molecule has 3 heterocycles. The van der Waals surface area contributed by atoms with E-state index in [4.69, 9.17) is 4.74 Å². The van der Waals surface area contributed by atoms with Gasteiger partial charge in [0.15, 0.2) is 0 Å². The molecule has 0 aliphatic heterocycles. The highest BCUT2D eigenvalue weighted by atomic mass is 32.1. The minimum atomic E-state index is -0.493. The summed E-state index contributed by atoms with van der Waals surface area (Å²) >= 11 is 2.04. The molecule has 0 bridgehead atoms. The zero-order valence-corrected chi connectivity index (χ0v) is 15.3. The van der Waals surface area contributed by atoms with Crippen LogP contribution in [0.5, 0.6) is 0 Å². The minimum Gasteiger partial charge on any atom is -0.462 e. The molecule has 3 aromatic rings. The number of thiophene rings is 2. The van der Waals surface area contributed by atoms with Crippen LogP contribution < -0.4 is 5.56 Å². The van der Waals surface area contributed by atoms with Gasteiger partial charge in [0.05, 0.1) is 28.0 Å². The fourth-order valence-corrected chi connectivity index (χ4v) is 3.94. The maximum Gasteiger partial charge on any atom is 0.348 e. The molecule has 0 atom stereocenters. The molecule has 0 fully saturated rings. The molecule has 0 aliphatic rings. The first-order chi connectivity index (χ1) is 12.4. The van der Waals surface area contributed by atoms with Crippen molar-refractivity contribution < 1.29 is 14.5 Å². The van der Waals surface area contributed by atoms with E-state index in [1.165, 1.54) is 24.7 Å². The van der Waals surface area contributed by atoms with Crippen molar-refractivity contribution in [2.45, 2.75) is 13.8 Å². The van der Waals surface area contributed by atoms with Crippen molar-refractivity contribution in [1.82, 2.24) is 9.66 Å². The predicted molar refractivity (Wildman–Crippen MR) is 98.5 cm³/mol. The molecule has 0 aliphatic carbocycles. The summed E-state index contributed by atoms with van der Waals surface area (Å²) in [6.07, 6.45) is 2.59. The molecule has 0 unspecified atom stereocenters. The summed E-state index contributed by atoms with van der Waals surface area (Å²) in [5.74, 6) is -0.492. The van der Waals surface area contributed by atoms with E-state index in [0.29, 0.717) is 25.5 Å². The summed E-state index contributed by atoms with van der Waals surface area (Å²) in [5.41, 5.74) is 0.0684. The Morgan fingerprint density at radius 2 is 2.23 bits per heavy atom. The number of aromatic nitrogens is 2. The van der Waals surface area contributed by atoms with Crippen molar-refractivity contribution in [3.05, 3.63) is 54.2 Å². The van der Waals surface area contributed by atoms with Gasteiger partial charge in [0.25, 0.3) is 5.56 Å². The van der Waals surface area contributed by atoms with E-state index in [-0.39, 0.29) is 11.6 Å². The molecule has 26 heavy (non-hydrogen) atoms. The number of ether oxygens (including phenoxy) is 1. The number of nitro groups is 1. The maximum absolute atomic E-state index is 12.6. The van der Waals surface area contributed by atoms with Crippen molar-refractivity contribution in [3.8, 4) is 0 Å². The Morgan fingerprint density at radius 1 is 1.46 bits per heavy atom. The highest BCUT2D eigenvalue weighted by Crippen LogP contribution is 2.27. The van der Waals surface area contributed by atoms with Crippen molar-refractivity contribution in [1.29, 1.82) is 0 Å². The number of rotatable bonds is 5. The minimum absolute atomic E-state index is 0.0138. The van der Waals surface area contributed by atoms with Crippen LogP contribution in [0.15, 0.2) is 28.4 Å². The maximum atomic E-state index is 12.6. The van der Waals surface area contributed by atoms with Crippen LogP contribution in [-0.4, -0.2) is 33.4 Å². The van der Waals surface area contributed by atoms with Crippen LogP contribution in [0.25, 0.3) is 10.2 Å². The summed E-state index contributed by atoms with van der Waals surface area (Å²) in [5, 5.41) is 15.0. The van der Waals surface area contributed by atoms with Crippen molar-refractivity contribution in [2.24, 2.45) is 5.10 Å². The number of aryl methyl sites for hydroxylation is 1. The van der Waals surface area contributed by atoms with Gasteiger partial charge in [-0.3, -0.25) is 14.9 Å². The third-order valence-electron chi connectivity index (χ3n) is 3.40. The first-order valence-electron chi connectivity index (χ1n) is 7.38. The molecule has 3 aromatic heterocycles. The summed E-state index contributed by atoms with van der Waals surface area (Å²) in [4.78, 5) is 40.3. The third kappa shape index (κ3) is 3.26. The van der Waals surface area contributed by atoms with Crippen LogP contribution in [0.3, 0.4) is 0 Å². The Labute approximate surface area is 154 Å². The van der Waals surface area contributed by atoms with Crippen LogP contribution in [0.1, 0.15) is 27.0 Å². The zero-order chi connectivity index (χ0) is 18.8. The van der Waals surface area contributed by atoms with Crippen LogP contribution >= 0.6 is 22.7 Å². The van der Waals surface area contributed by atoms with Gasteiger partial charge in [0.2, 0.25) is 0 Å². The Balaban J connectivity index is 1.99. The van der Waals surface area contributed by atoms with Crippen LogP contribution in [0.2, 0.25) is 0 Å². The van der Waals surface area contributed by atoms with E-state index >= 15 is 0 Å². The van der Waals surface area contributed by atoms with Gasteiger partial charge >= 0.3 is 11.0 Å². The first kappa shape index (κ1) is 17.9. The number of nitrogens with zero attached hydrogens (tertiary/aromatic N) is 4. The van der Waals surface area contributed by atoms with E-state index in [9.17, 15) is 19.7 Å². The highest BCUT2D eigenvalue weighted by Gasteiger charge is 2.20. The molecule has 0 aromatic carbocycles. The van der Waals surface area contributed by atoms with Crippen LogP contribution in [0, 0.1) is 17.0 Å². The van der Waals surface area contributed by atoms with Gasteiger partial charge < -0.3 is 4.74 Å². The molecule has 0 N–H and O–H groups in total. The molecule has 0 saturated carbocycles. The Bertz CT molecular complexity index is 1100. The predicted octanol–water partition coefficient (Wildman–Crippen LogP) is 2.80. The summed E-state index contributed by atoms with van der Waals surface area (Å²) in [6.45, 7) is 3.60. The van der Waals surface area contributed by atoms with Crippen molar-refractivity contribution in [2.75, 3.05) is 6.61 Å². The molecular formula is C15H12N4O5S2. The lowest BCUT2D eigenvalue weighted by atomic mass is 10.2. The van der Waals surface area contributed by atoms with E-state index in [1.807, 2.05) is 0 Å². The lowest BCUT2D eigenvalue weighted by Crippen LogP contribution is -2.17. The summed E-state index contributed by atoms with van der Waals surface area (Å²) in [7, 11) is 0. The Kier molecular flexibility index (Phi) is 4.91. The molecule has 11 heteroatoms. The van der Waals surface area contributed by atoms with Crippen molar-refractivity contribution >= 4 is 50.1 Å². The third-order valence-corrected chi connectivity index (χ3v) is 5.55. The molecular weight excluding hydrogens is 380 g/mol. The zero-order valence-electron chi connectivity index (χ0n) is 13.7. The van der Waals surface area contributed by atoms with E-state index in [0.717, 1.165) is 27.3 Å². The molecule has 134 valence electrons. The summed E-state index contributed by atoms with van der Waals surface area (Å²) in [6, 6.07) is 2.91. The second kappa shape index (κ2) is 7.14. The average Bonchev–Trinajstić information content (AvgIpc) is 3.20. The molecule has 3 rings (SSSR count). The van der Waals surface area contributed by atoms with Gasteiger partial charge in [-0.05, 0) is 25.5 Å². The number of carbonyl (C=O) groups is 1. The normalized spacial score (nSPS) is 11.3. The van der Waals surface area contributed by atoms with E-state index in [2.05, 4.69) is 10.1 Å². The van der Waals surface area contributed by atoms with Gasteiger partial charge in [-0.2, -0.15) is 9.78 Å². The monoisotopic (exact) mass is 392 g/mol. The van der Waals surface area contributed by atoms with E-state index in [1.54, 1.807) is 13.8 Å². The number of fused-ring (bicyclic) bond motifs is 1. The standard InChI is InChI=1S/C15H12N4O5S2/c1-3-24-15(21)12-8(2)11-13(26-12)16-7-18(14(11)20)17-6-9-4-5-10(25-9)19(22)23/h4-7H,3H2,1-2H3/b17-6-. The van der Waals surface area contributed by atoms with Gasteiger partial charge in [-0.15, -0.1) is 11.3 Å². The van der Waals surface area contributed by atoms with E-state index < -0.39 is 16.5 Å². The number of hydrogen-bond donors (Lipinski definition) is 0. The topological polar surface area (TPSA) is 117 Å². The smallest absolute Gasteiger partial charge is 0.348 e. The average molecular weight is 392 g/mol. The largest absolute Gasteiger partial charge is 0.462 e. The Hall–Kier alpha value is -2.92. The second-order valence-electron chi connectivity index (χ2n) is 5.03. The first-order valence-corrected chi connectivity index (χ1v) is 9.02.